The Morgan fingerprint density at radius 3 is 2.47 bits per heavy atom. The molecule has 0 saturated heterocycles. The van der Waals surface area contributed by atoms with Crippen LogP contribution >= 0.6 is 0 Å². The number of nitrogen functional groups attached to an aromatic ring is 1. The molecular formula is C8H12F3N5O. The van der Waals surface area contributed by atoms with Crippen LogP contribution in [0.4, 0.5) is 25.1 Å². The first-order chi connectivity index (χ1) is 7.76. The Hall–Kier alpha value is -1.80. The number of nitrogens with two attached hydrogens (primary N) is 1. The molecule has 1 heterocycles. The van der Waals surface area contributed by atoms with Crippen LogP contribution in [0.5, 0.6) is 6.01 Å². The van der Waals surface area contributed by atoms with E-state index >= 15 is 0 Å². The van der Waals surface area contributed by atoms with Crippen LogP contribution in [0, 0.1) is 0 Å². The third-order valence-corrected chi connectivity index (χ3v) is 1.42. The van der Waals surface area contributed by atoms with Gasteiger partial charge in [-0.25, -0.2) is 0 Å². The van der Waals surface area contributed by atoms with Gasteiger partial charge in [0, 0.05) is 0 Å². The van der Waals surface area contributed by atoms with Gasteiger partial charge in [-0.05, 0) is 13.8 Å². The summed E-state index contributed by atoms with van der Waals surface area (Å²) in [5.41, 5.74) is 5.31. The Balaban J connectivity index is 2.75. The molecule has 0 bridgehead atoms. The van der Waals surface area contributed by atoms with Crippen molar-refractivity contribution >= 4 is 11.9 Å². The number of hydrogen-bond donors (Lipinski definition) is 2. The van der Waals surface area contributed by atoms with E-state index in [0.717, 1.165) is 0 Å². The van der Waals surface area contributed by atoms with Crippen molar-refractivity contribution in [1.82, 2.24) is 15.0 Å². The number of rotatable bonds is 4. The molecule has 1 aromatic rings. The van der Waals surface area contributed by atoms with Gasteiger partial charge in [0.1, 0.15) is 6.54 Å². The molecule has 1 aromatic heterocycles. The predicted octanol–water partition coefficient (Wildman–Crippen LogP) is 1.22. The Bertz CT molecular complexity index is 382. The number of halogens is 3. The molecule has 3 N–H and O–H groups in total. The van der Waals surface area contributed by atoms with E-state index in [1.807, 2.05) is 5.32 Å². The average Bonchev–Trinajstić information content (AvgIpc) is 2.11. The minimum Gasteiger partial charge on any atom is -0.461 e. The molecule has 1 rings (SSSR count). The lowest BCUT2D eigenvalue weighted by Crippen LogP contribution is -2.23. The quantitative estimate of drug-likeness (QED) is 0.836. The summed E-state index contributed by atoms with van der Waals surface area (Å²) in [5, 5.41) is 1.99. The van der Waals surface area contributed by atoms with E-state index < -0.39 is 12.7 Å². The summed E-state index contributed by atoms with van der Waals surface area (Å²) in [4.78, 5) is 10.8. The van der Waals surface area contributed by atoms with Crippen LogP contribution in [0.3, 0.4) is 0 Å². The number of anilines is 2. The van der Waals surface area contributed by atoms with Gasteiger partial charge in [0.15, 0.2) is 0 Å². The molecule has 0 amide bonds. The highest BCUT2D eigenvalue weighted by Crippen LogP contribution is 2.16. The third kappa shape index (κ3) is 5.18. The Labute approximate surface area is 95.4 Å². The number of aromatic nitrogens is 3. The van der Waals surface area contributed by atoms with Crippen molar-refractivity contribution in [2.45, 2.75) is 26.1 Å². The summed E-state index contributed by atoms with van der Waals surface area (Å²) in [5.74, 6) is -0.481. The SMILES string of the molecule is CC(C)Oc1nc(N)nc(NCC(F)(F)F)n1. The van der Waals surface area contributed by atoms with Crippen LogP contribution < -0.4 is 15.8 Å². The topological polar surface area (TPSA) is 86.0 Å². The highest BCUT2D eigenvalue weighted by molar-refractivity contribution is 5.32. The second-order valence-corrected chi connectivity index (χ2v) is 3.44. The molecule has 0 aliphatic heterocycles. The van der Waals surface area contributed by atoms with Gasteiger partial charge in [0.2, 0.25) is 11.9 Å². The maximum atomic E-state index is 12.0. The lowest BCUT2D eigenvalue weighted by molar-refractivity contribution is -0.115. The molecule has 6 nitrogen and oxygen atoms in total. The summed E-state index contributed by atoms with van der Waals surface area (Å²) in [6, 6.07) is -0.114. The van der Waals surface area contributed by atoms with Gasteiger partial charge < -0.3 is 15.8 Å². The number of hydrogen-bond acceptors (Lipinski definition) is 6. The van der Waals surface area contributed by atoms with Gasteiger partial charge in [-0.2, -0.15) is 28.1 Å². The summed E-state index contributed by atoms with van der Waals surface area (Å²) in [6.45, 7) is 2.20. The standard InChI is InChI=1S/C8H12F3N5O/c1-4(2)17-7-15-5(12)14-6(16-7)13-3-8(9,10)11/h4H,3H2,1-2H3,(H3,12,13,14,15,16). The third-order valence-electron chi connectivity index (χ3n) is 1.42. The summed E-state index contributed by atoms with van der Waals surface area (Å²) < 4.78 is 41.0. The van der Waals surface area contributed by atoms with Crippen LogP contribution in [-0.2, 0) is 0 Å². The second-order valence-electron chi connectivity index (χ2n) is 3.44. The fraction of sp³-hybridized carbons (Fsp3) is 0.625. The number of ether oxygens (including phenoxy) is 1. The van der Waals surface area contributed by atoms with Crippen LogP contribution in [-0.4, -0.2) is 33.8 Å². The van der Waals surface area contributed by atoms with Gasteiger partial charge in [-0.1, -0.05) is 0 Å². The first-order valence-corrected chi connectivity index (χ1v) is 4.75. The first kappa shape index (κ1) is 13.3. The van der Waals surface area contributed by atoms with Crippen molar-refractivity contribution in [3.63, 3.8) is 0 Å². The Kier molecular flexibility index (Phi) is 3.92. The van der Waals surface area contributed by atoms with Gasteiger partial charge in [-0.15, -0.1) is 0 Å². The fourth-order valence-electron chi connectivity index (χ4n) is 0.894. The lowest BCUT2D eigenvalue weighted by atomic mass is 10.5. The molecule has 0 aliphatic rings. The highest BCUT2D eigenvalue weighted by atomic mass is 19.4. The van der Waals surface area contributed by atoms with E-state index in [0.29, 0.717) is 0 Å². The maximum Gasteiger partial charge on any atom is 0.405 e. The summed E-state index contributed by atoms with van der Waals surface area (Å²) in [6.07, 6.45) is -4.58. The number of alkyl halides is 3. The molecule has 17 heavy (non-hydrogen) atoms. The van der Waals surface area contributed by atoms with Crippen LogP contribution in [0.2, 0.25) is 0 Å². The second kappa shape index (κ2) is 5.02. The highest BCUT2D eigenvalue weighted by Gasteiger charge is 2.27. The molecule has 0 aliphatic carbocycles. The summed E-state index contributed by atoms with van der Waals surface area (Å²) in [7, 11) is 0. The molecule has 0 radical (unpaired) electrons. The Morgan fingerprint density at radius 1 is 1.29 bits per heavy atom. The van der Waals surface area contributed by atoms with Crippen molar-refractivity contribution < 1.29 is 17.9 Å². The first-order valence-electron chi connectivity index (χ1n) is 4.75. The molecule has 0 aromatic carbocycles. The molecule has 0 saturated carbocycles. The van der Waals surface area contributed by atoms with E-state index in [4.69, 9.17) is 10.5 Å². The van der Waals surface area contributed by atoms with Gasteiger partial charge >= 0.3 is 12.2 Å². The smallest absolute Gasteiger partial charge is 0.405 e. The minimum absolute atomic E-state index is 0.114. The van der Waals surface area contributed by atoms with Crippen molar-refractivity contribution in [1.29, 1.82) is 0 Å². The van der Waals surface area contributed by atoms with E-state index in [1.54, 1.807) is 13.8 Å². The van der Waals surface area contributed by atoms with Crippen LogP contribution in [0.25, 0.3) is 0 Å². The molecule has 96 valence electrons. The van der Waals surface area contributed by atoms with E-state index in [1.165, 1.54) is 0 Å². The zero-order valence-corrected chi connectivity index (χ0v) is 9.25. The van der Waals surface area contributed by atoms with Gasteiger partial charge in [0.05, 0.1) is 6.10 Å². The van der Waals surface area contributed by atoms with E-state index in [2.05, 4.69) is 15.0 Å². The monoisotopic (exact) mass is 251 g/mol. The lowest BCUT2D eigenvalue weighted by Gasteiger charge is -2.11. The summed E-state index contributed by atoms with van der Waals surface area (Å²) >= 11 is 0. The van der Waals surface area contributed by atoms with E-state index in [9.17, 15) is 13.2 Å². The van der Waals surface area contributed by atoms with Crippen molar-refractivity contribution in [2.24, 2.45) is 0 Å². The zero-order chi connectivity index (χ0) is 13.1. The van der Waals surface area contributed by atoms with E-state index in [-0.39, 0.29) is 24.0 Å². The van der Waals surface area contributed by atoms with Crippen LogP contribution in [0.1, 0.15) is 13.8 Å². The zero-order valence-electron chi connectivity index (χ0n) is 9.25. The van der Waals surface area contributed by atoms with Crippen molar-refractivity contribution in [3.05, 3.63) is 0 Å². The molecule has 0 fully saturated rings. The molecule has 0 atom stereocenters. The Morgan fingerprint density at radius 2 is 1.94 bits per heavy atom. The number of nitrogens with one attached hydrogen (secondary N) is 1. The molecule has 9 heteroatoms. The van der Waals surface area contributed by atoms with Gasteiger partial charge in [-0.3, -0.25) is 0 Å². The molecule has 0 spiro atoms. The predicted molar refractivity (Wildman–Crippen MR) is 54.5 cm³/mol. The molecular weight excluding hydrogens is 239 g/mol. The normalized spacial score (nSPS) is 11.6. The number of nitrogens with zero attached hydrogens (tertiary/aromatic N) is 3. The fourth-order valence-corrected chi connectivity index (χ4v) is 0.894. The minimum atomic E-state index is -4.36. The molecule has 0 unspecified atom stereocenters. The largest absolute Gasteiger partial charge is 0.461 e. The van der Waals surface area contributed by atoms with Crippen molar-refractivity contribution in [2.75, 3.05) is 17.6 Å². The average molecular weight is 251 g/mol. The maximum absolute atomic E-state index is 12.0. The van der Waals surface area contributed by atoms with Crippen LogP contribution in [0.15, 0.2) is 0 Å². The van der Waals surface area contributed by atoms with Gasteiger partial charge in [0.25, 0.3) is 0 Å². The van der Waals surface area contributed by atoms with Crippen molar-refractivity contribution in [3.8, 4) is 6.01 Å².